The van der Waals surface area contributed by atoms with Gasteiger partial charge in [0.2, 0.25) is 0 Å². The summed E-state index contributed by atoms with van der Waals surface area (Å²) in [5.74, 6) is 0.726. The highest BCUT2D eigenvalue weighted by Crippen LogP contribution is 2.23. The fourth-order valence-corrected chi connectivity index (χ4v) is 1.19. The second-order valence-corrected chi connectivity index (χ2v) is 4.95. The molecule has 0 radical (unpaired) electrons. The average molecular weight is 264 g/mol. The molecule has 0 saturated heterocycles. The summed E-state index contributed by atoms with van der Waals surface area (Å²) in [6.45, 7) is 6.00. The maximum Gasteiger partial charge on any atom is 0.425 e. The second kappa shape index (κ2) is 6.68. The zero-order chi connectivity index (χ0) is 14.3. The van der Waals surface area contributed by atoms with Crippen molar-refractivity contribution in [3.05, 3.63) is 42.3 Å². The van der Waals surface area contributed by atoms with E-state index in [-0.39, 0.29) is 5.41 Å². The second-order valence-electron chi connectivity index (χ2n) is 4.95. The van der Waals surface area contributed by atoms with Crippen molar-refractivity contribution in [2.75, 3.05) is 7.11 Å². The Morgan fingerprint density at radius 3 is 2.32 bits per heavy atom. The lowest BCUT2D eigenvalue weighted by Crippen LogP contribution is -2.40. The van der Waals surface area contributed by atoms with Crippen molar-refractivity contribution in [1.82, 2.24) is 10.9 Å². The minimum atomic E-state index is -0.560. The number of benzene rings is 1. The van der Waals surface area contributed by atoms with Gasteiger partial charge in [-0.2, -0.15) is 0 Å². The Morgan fingerprint density at radius 1 is 1.16 bits per heavy atom. The molecular formula is C14H20N2O3. The van der Waals surface area contributed by atoms with Crippen molar-refractivity contribution in [2.45, 2.75) is 20.8 Å². The van der Waals surface area contributed by atoms with Crippen molar-refractivity contribution < 1.29 is 14.3 Å². The number of para-hydroxylation sites is 1. The first-order valence-corrected chi connectivity index (χ1v) is 5.96. The SMILES string of the molecule is COC(=O)NN/C(=C\Oc1ccccc1)C(C)(C)C. The number of hydrogen-bond acceptors (Lipinski definition) is 4. The third kappa shape index (κ3) is 5.33. The maximum atomic E-state index is 11.1. The van der Waals surface area contributed by atoms with Crippen LogP contribution in [0.15, 0.2) is 42.3 Å². The molecule has 104 valence electrons. The van der Waals surface area contributed by atoms with Gasteiger partial charge in [0, 0.05) is 5.41 Å². The van der Waals surface area contributed by atoms with E-state index in [2.05, 4.69) is 15.6 Å². The molecule has 2 N–H and O–H groups in total. The van der Waals surface area contributed by atoms with E-state index < -0.39 is 6.09 Å². The lowest BCUT2D eigenvalue weighted by atomic mass is 9.93. The molecule has 1 rings (SSSR count). The van der Waals surface area contributed by atoms with Gasteiger partial charge in [0.15, 0.2) is 0 Å². The predicted molar refractivity (Wildman–Crippen MR) is 73.3 cm³/mol. The first-order chi connectivity index (χ1) is 8.93. The topological polar surface area (TPSA) is 59.6 Å². The van der Waals surface area contributed by atoms with Crippen LogP contribution in [0.1, 0.15) is 20.8 Å². The van der Waals surface area contributed by atoms with Gasteiger partial charge in [-0.3, -0.25) is 5.43 Å². The fourth-order valence-electron chi connectivity index (χ4n) is 1.19. The number of methoxy groups -OCH3 is 1. The smallest absolute Gasteiger partial charge is 0.425 e. The quantitative estimate of drug-likeness (QED) is 0.648. The summed E-state index contributed by atoms with van der Waals surface area (Å²) in [6.07, 6.45) is 1.01. The van der Waals surface area contributed by atoms with Gasteiger partial charge in [0.1, 0.15) is 12.0 Å². The number of hydrogen-bond donors (Lipinski definition) is 2. The summed E-state index contributed by atoms with van der Waals surface area (Å²) >= 11 is 0. The molecule has 0 fully saturated rings. The summed E-state index contributed by atoms with van der Waals surface area (Å²) in [5, 5.41) is 0. The molecular weight excluding hydrogens is 244 g/mol. The van der Waals surface area contributed by atoms with Crippen LogP contribution < -0.4 is 15.6 Å². The molecule has 0 aliphatic heterocycles. The van der Waals surface area contributed by atoms with Crippen molar-refractivity contribution in [3.8, 4) is 5.75 Å². The van der Waals surface area contributed by atoms with Crippen LogP contribution in [0.4, 0.5) is 4.79 Å². The predicted octanol–water partition coefficient (Wildman–Crippen LogP) is 2.81. The zero-order valence-electron chi connectivity index (χ0n) is 11.7. The molecule has 0 bridgehead atoms. The van der Waals surface area contributed by atoms with E-state index in [4.69, 9.17) is 4.74 Å². The van der Waals surface area contributed by atoms with Gasteiger partial charge < -0.3 is 9.47 Å². The lowest BCUT2D eigenvalue weighted by molar-refractivity contribution is 0.166. The largest absolute Gasteiger partial charge is 0.463 e. The van der Waals surface area contributed by atoms with E-state index in [0.29, 0.717) is 0 Å². The van der Waals surface area contributed by atoms with Crippen LogP contribution in [0.3, 0.4) is 0 Å². The molecule has 19 heavy (non-hydrogen) atoms. The number of carbonyl (C=O) groups is 1. The highest BCUT2D eigenvalue weighted by atomic mass is 16.5. The Kier molecular flexibility index (Phi) is 5.23. The molecule has 1 amide bonds. The molecule has 5 nitrogen and oxygen atoms in total. The van der Waals surface area contributed by atoms with E-state index >= 15 is 0 Å². The molecule has 0 saturated carbocycles. The number of rotatable bonds is 4. The molecule has 0 heterocycles. The number of amides is 1. The van der Waals surface area contributed by atoms with Crippen LogP contribution in [-0.4, -0.2) is 13.2 Å². The molecule has 5 heteroatoms. The maximum absolute atomic E-state index is 11.1. The van der Waals surface area contributed by atoms with Crippen LogP contribution in [0.5, 0.6) is 5.75 Å². The van der Waals surface area contributed by atoms with Crippen LogP contribution >= 0.6 is 0 Å². The van der Waals surface area contributed by atoms with E-state index in [9.17, 15) is 4.79 Å². The minimum Gasteiger partial charge on any atom is -0.463 e. The van der Waals surface area contributed by atoms with Crippen molar-refractivity contribution >= 4 is 6.09 Å². The van der Waals surface area contributed by atoms with Crippen molar-refractivity contribution in [3.63, 3.8) is 0 Å². The molecule has 0 aromatic heterocycles. The lowest BCUT2D eigenvalue weighted by Gasteiger charge is -2.23. The molecule has 0 aliphatic carbocycles. The summed E-state index contributed by atoms with van der Waals surface area (Å²) in [7, 11) is 1.30. The number of allylic oxidation sites excluding steroid dienone is 1. The van der Waals surface area contributed by atoms with Crippen LogP contribution in [0.2, 0.25) is 0 Å². The monoisotopic (exact) mass is 264 g/mol. The first-order valence-electron chi connectivity index (χ1n) is 5.96. The molecule has 1 aromatic carbocycles. The standard InChI is InChI=1S/C14H20N2O3/c1-14(2,3)12(15-16-13(17)18-4)10-19-11-8-6-5-7-9-11/h5-10,15H,1-4H3,(H,16,17)/b12-10-. The van der Waals surface area contributed by atoms with E-state index in [0.717, 1.165) is 11.4 Å². The van der Waals surface area contributed by atoms with Gasteiger partial charge in [-0.15, -0.1) is 0 Å². The summed E-state index contributed by atoms with van der Waals surface area (Å²) in [6, 6.07) is 9.40. The van der Waals surface area contributed by atoms with Crippen molar-refractivity contribution in [1.29, 1.82) is 0 Å². The van der Waals surface area contributed by atoms with Crippen LogP contribution in [0, 0.1) is 5.41 Å². The molecule has 1 aromatic rings. The van der Waals surface area contributed by atoms with Gasteiger partial charge in [-0.05, 0) is 12.1 Å². The number of carbonyl (C=O) groups excluding carboxylic acids is 1. The number of nitrogens with one attached hydrogen (secondary N) is 2. The third-order valence-electron chi connectivity index (χ3n) is 2.35. The number of hydrazine groups is 1. The fraction of sp³-hybridized carbons (Fsp3) is 0.357. The Morgan fingerprint density at radius 2 is 1.79 bits per heavy atom. The summed E-state index contributed by atoms with van der Waals surface area (Å²) in [5.41, 5.74) is 5.72. The van der Waals surface area contributed by atoms with E-state index in [1.165, 1.54) is 7.11 Å². The average Bonchev–Trinajstić information content (AvgIpc) is 2.38. The van der Waals surface area contributed by atoms with Crippen LogP contribution in [-0.2, 0) is 4.74 Å². The molecule has 0 spiro atoms. The Balaban J connectivity index is 2.71. The minimum absolute atomic E-state index is 0.212. The molecule has 0 unspecified atom stereocenters. The van der Waals surface area contributed by atoms with E-state index in [1.807, 2.05) is 51.1 Å². The highest BCUT2D eigenvalue weighted by molar-refractivity contribution is 5.66. The Bertz CT molecular complexity index is 436. The molecule has 0 aliphatic rings. The van der Waals surface area contributed by atoms with Gasteiger partial charge in [-0.1, -0.05) is 39.0 Å². The highest BCUT2D eigenvalue weighted by Gasteiger charge is 2.18. The van der Waals surface area contributed by atoms with Gasteiger partial charge >= 0.3 is 6.09 Å². The first kappa shape index (κ1) is 14.9. The van der Waals surface area contributed by atoms with E-state index in [1.54, 1.807) is 6.26 Å². The van der Waals surface area contributed by atoms with Gasteiger partial charge in [0.25, 0.3) is 0 Å². The Labute approximate surface area is 113 Å². The number of ether oxygens (including phenoxy) is 2. The van der Waals surface area contributed by atoms with Gasteiger partial charge in [-0.25, -0.2) is 10.2 Å². The third-order valence-corrected chi connectivity index (χ3v) is 2.35. The van der Waals surface area contributed by atoms with Crippen LogP contribution in [0.25, 0.3) is 0 Å². The normalized spacial score (nSPS) is 11.7. The van der Waals surface area contributed by atoms with Crippen molar-refractivity contribution in [2.24, 2.45) is 5.41 Å². The Hall–Kier alpha value is -2.17. The summed E-state index contributed by atoms with van der Waals surface area (Å²) < 4.78 is 10.0. The zero-order valence-corrected chi connectivity index (χ0v) is 11.7. The van der Waals surface area contributed by atoms with Gasteiger partial charge in [0.05, 0.1) is 12.8 Å². The molecule has 0 atom stereocenters. The summed E-state index contributed by atoms with van der Waals surface area (Å²) in [4.78, 5) is 11.1.